The maximum Gasteiger partial charge on any atom is 0.242 e. The fourth-order valence-electron chi connectivity index (χ4n) is 2.81. The molecule has 7 nitrogen and oxygen atoms in total. The highest BCUT2D eigenvalue weighted by Gasteiger charge is 2.25. The fourth-order valence-corrected chi connectivity index (χ4v) is 4.53. The number of aryl methyl sites for hydroxylation is 1. The molecule has 1 atom stereocenters. The predicted molar refractivity (Wildman–Crippen MR) is 128 cm³/mol. The number of carbonyl (C=O) groups excluding carboxylic acids is 1. The molecular formula is C23H25N3O4S2. The summed E-state index contributed by atoms with van der Waals surface area (Å²) in [5.74, 6) is 1.22. The van der Waals surface area contributed by atoms with Gasteiger partial charge in [0.05, 0.1) is 16.8 Å². The van der Waals surface area contributed by atoms with Gasteiger partial charge in [0.25, 0.3) is 0 Å². The van der Waals surface area contributed by atoms with Crippen molar-refractivity contribution in [3.63, 3.8) is 0 Å². The van der Waals surface area contributed by atoms with Crippen molar-refractivity contribution in [1.29, 1.82) is 0 Å². The molecule has 0 aliphatic heterocycles. The first-order chi connectivity index (χ1) is 15.4. The Hall–Kier alpha value is -2.88. The number of amides is 1. The number of rotatable bonds is 10. The molecular weight excluding hydrogens is 446 g/mol. The van der Waals surface area contributed by atoms with Gasteiger partial charge in [0.2, 0.25) is 21.8 Å². The van der Waals surface area contributed by atoms with Crippen molar-refractivity contribution in [3.8, 4) is 11.6 Å². The molecule has 0 bridgehead atoms. The van der Waals surface area contributed by atoms with Crippen LogP contribution in [0.1, 0.15) is 12.0 Å². The molecule has 1 unspecified atom stereocenters. The van der Waals surface area contributed by atoms with Gasteiger partial charge in [-0.2, -0.15) is 16.5 Å². The van der Waals surface area contributed by atoms with Crippen LogP contribution in [-0.4, -0.2) is 37.4 Å². The summed E-state index contributed by atoms with van der Waals surface area (Å²) in [6.07, 6.45) is 3.72. The molecule has 32 heavy (non-hydrogen) atoms. The zero-order valence-corrected chi connectivity index (χ0v) is 19.4. The van der Waals surface area contributed by atoms with E-state index in [1.807, 2.05) is 37.4 Å². The number of pyridine rings is 1. The van der Waals surface area contributed by atoms with E-state index in [4.69, 9.17) is 4.74 Å². The first-order valence-electron chi connectivity index (χ1n) is 9.95. The Morgan fingerprint density at radius 1 is 1.06 bits per heavy atom. The molecule has 3 aromatic rings. The first kappa shape index (κ1) is 23.8. The van der Waals surface area contributed by atoms with Crippen molar-refractivity contribution in [2.75, 3.05) is 17.3 Å². The van der Waals surface area contributed by atoms with E-state index in [9.17, 15) is 13.2 Å². The number of nitrogens with one attached hydrogen (secondary N) is 2. The van der Waals surface area contributed by atoms with Crippen LogP contribution in [0.25, 0.3) is 0 Å². The second-order valence-corrected chi connectivity index (χ2v) is 9.76. The minimum absolute atomic E-state index is 0.112. The van der Waals surface area contributed by atoms with Crippen molar-refractivity contribution in [2.45, 2.75) is 24.3 Å². The van der Waals surface area contributed by atoms with Crippen LogP contribution >= 0.6 is 11.8 Å². The van der Waals surface area contributed by atoms with Gasteiger partial charge in [-0.15, -0.1) is 0 Å². The first-order valence-corrected chi connectivity index (χ1v) is 12.8. The number of nitrogens with zero attached hydrogens (tertiary/aromatic N) is 1. The summed E-state index contributed by atoms with van der Waals surface area (Å²) >= 11 is 1.54. The van der Waals surface area contributed by atoms with Crippen molar-refractivity contribution in [1.82, 2.24) is 9.71 Å². The Balaban J connectivity index is 1.67. The molecule has 0 radical (unpaired) electrons. The van der Waals surface area contributed by atoms with Gasteiger partial charge in [-0.1, -0.05) is 35.9 Å². The number of carbonyl (C=O) groups is 1. The molecule has 2 aromatic carbocycles. The monoisotopic (exact) mass is 471 g/mol. The lowest BCUT2D eigenvalue weighted by Crippen LogP contribution is -2.44. The average Bonchev–Trinajstić information content (AvgIpc) is 2.80. The molecule has 1 heterocycles. The molecule has 1 amide bonds. The van der Waals surface area contributed by atoms with Gasteiger partial charge in [0.15, 0.2) is 0 Å². The van der Waals surface area contributed by atoms with Gasteiger partial charge in [0, 0.05) is 6.07 Å². The number of anilines is 1. The van der Waals surface area contributed by atoms with Crippen molar-refractivity contribution < 1.29 is 17.9 Å². The van der Waals surface area contributed by atoms with Gasteiger partial charge in [-0.05, 0) is 55.7 Å². The van der Waals surface area contributed by atoms with Gasteiger partial charge >= 0.3 is 0 Å². The van der Waals surface area contributed by atoms with E-state index in [0.717, 1.165) is 5.56 Å². The second kappa shape index (κ2) is 11.1. The van der Waals surface area contributed by atoms with E-state index >= 15 is 0 Å². The quantitative estimate of drug-likeness (QED) is 0.459. The van der Waals surface area contributed by atoms with Crippen LogP contribution in [0.4, 0.5) is 5.69 Å². The average molecular weight is 472 g/mol. The number of sulfonamides is 1. The maximum atomic E-state index is 12.8. The predicted octanol–water partition coefficient (Wildman–Crippen LogP) is 4.22. The smallest absolute Gasteiger partial charge is 0.242 e. The Kier molecular flexibility index (Phi) is 8.26. The molecule has 0 spiro atoms. The van der Waals surface area contributed by atoms with Crippen LogP contribution < -0.4 is 14.8 Å². The number of ether oxygens (including phenoxy) is 1. The standard InChI is InChI=1S/C23H25N3O4S2/c1-17-8-11-19(12-9-17)30-22-13-10-18(16-24-22)25-23(27)21(14-15-31-2)26-32(28,29)20-6-4-3-5-7-20/h3-13,16,21,26H,14-15H2,1-2H3,(H,25,27). The Morgan fingerprint density at radius 2 is 1.78 bits per heavy atom. The van der Waals surface area contributed by atoms with E-state index in [2.05, 4.69) is 15.0 Å². The molecule has 9 heteroatoms. The summed E-state index contributed by atoms with van der Waals surface area (Å²) in [6, 6.07) is 17.9. The Bertz CT molecular complexity index is 1120. The fraction of sp³-hybridized carbons (Fsp3) is 0.217. The number of aromatic nitrogens is 1. The Labute approximate surface area is 192 Å². The van der Waals surface area contributed by atoms with Crippen molar-refractivity contribution in [3.05, 3.63) is 78.5 Å². The minimum Gasteiger partial charge on any atom is -0.439 e. The van der Waals surface area contributed by atoms with Gasteiger partial charge < -0.3 is 10.1 Å². The van der Waals surface area contributed by atoms with Crippen LogP contribution in [0.3, 0.4) is 0 Å². The minimum atomic E-state index is -3.83. The summed E-state index contributed by atoms with van der Waals surface area (Å²) in [5.41, 5.74) is 1.57. The molecule has 1 aromatic heterocycles. The summed E-state index contributed by atoms with van der Waals surface area (Å²) in [7, 11) is -3.83. The zero-order chi connectivity index (χ0) is 23.0. The molecule has 2 N–H and O–H groups in total. The molecule has 0 aliphatic carbocycles. The number of benzene rings is 2. The van der Waals surface area contributed by atoms with E-state index in [0.29, 0.717) is 29.5 Å². The normalized spacial score (nSPS) is 12.2. The maximum absolute atomic E-state index is 12.8. The van der Waals surface area contributed by atoms with Crippen LogP contribution in [0.2, 0.25) is 0 Å². The molecule has 3 rings (SSSR count). The van der Waals surface area contributed by atoms with E-state index < -0.39 is 22.0 Å². The second-order valence-electron chi connectivity index (χ2n) is 7.06. The van der Waals surface area contributed by atoms with Crippen LogP contribution in [0.5, 0.6) is 11.6 Å². The molecule has 0 aliphatic rings. The number of hydrogen-bond acceptors (Lipinski definition) is 6. The van der Waals surface area contributed by atoms with Crippen LogP contribution in [0.15, 0.2) is 77.8 Å². The molecule has 0 saturated carbocycles. The highest BCUT2D eigenvalue weighted by molar-refractivity contribution is 7.98. The highest BCUT2D eigenvalue weighted by Crippen LogP contribution is 2.21. The highest BCUT2D eigenvalue weighted by atomic mass is 32.2. The largest absolute Gasteiger partial charge is 0.439 e. The zero-order valence-electron chi connectivity index (χ0n) is 17.8. The molecule has 168 valence electrons. The summed E-state index contributed by atoms with van der Waals surface area (Å²) < 4.78 is 33.6. The molecule has 0 saturated heterocycles. The Morgan fingerprint density at radius 3 is 2.41 bits per heavy atom. The van der Waals surface area contributed by atoms with E-state index in [1.54, 1.807) is 30.3 Å². The molecule has 0 fully saturated rings. The summed E-state index contributed by atoms with van der Waals surface area (Å²) in [5, 5.41) is 2.73. The van der Waals surface area contributed by atoms with Crippen molar-refractivity contribution in [2.24, 2.45) is 0 Å². The lowest BCUT2D eigenvalue weighted by Gasteiger charge is -2.18. The third kappa shape index (κ3) is 6.81. The third-order valence-corrected chi connectivity index (χ3v) is 6.66. The summed E-state index contributed by atoms with van der Waals surface area (Å²) in [6.45, 7) is 1.99. The lowest BCUT2D eigenvalue weighted by atomic mass is 10.2. The SMILES string of the molecule is CSCCC(NS(=O)(=O)c1ccccc1)C(=O)Nc1ccc(Oc2ccc(C)cc2)nc1. The van der Waals surface area contributed by atoms with Gasteiger partial charge in [-0.25, -0.2) is 13.4 Å². The number of thioether (sulfide) groups is 1. The van der Waals surface area contributed by atoms with Crippen LogP contribution in [-0.2, 0) is 14.8 Å². The third-order valence-electron chi connectivity index (χ3n) is 4.53. The van der Waals surface area contributed by atoms with Gasteiger partial charge in [-0.3, -0.25) is 4.79 Å². The lowest BCUT2D eigenvalue weighted by molar-refractivity contribution is -0.117. The van der Waals surface area contributed by atoms with E-state index in [-0.39, 0.29) is 4.90 Å². The van der Waals surface area contributed by atoms with Crippen molar-refractivity contribution >= 4 is 33.4 Å². The summed E-state index contributed by atoms with van der Waals surface area (Å²) in [4.78, 5) is 17.2. The van der Waals surface area contributed by atoms with E-state index in [1.165, 1.54) is 30.1 Å². The van der Waals surface area contributed by atoms with Crippen LogP contribution in [0, 0.1) is 6.92 Å². The topological polar surface area (TPSA) is 97.4 Å². The number of hydrogen-bond donors (Lipinski definition) is 2. The van der Waals surface area contributed by atoms with Gasteiger partial charge in [0.1, 0.15) is 11.8 Å².